The Morgan fingerprint density at radius 1 is 0.903 bits per heavy atom. The van der Waals surface area contributed by atoms with E-state index in [0.29, 0.717) is 5.56 Å². The number of anilines is 1. The number of carbonyl (C=O) groups excluding carboxylic acids is 2. The molecule has 1 heterocycles. The van der Waals surface area contributed by atoms with Crippen molar-refractivity contribution in [3.05, 3.63) is 65.2 Å². The first kappa shape index (κ1) is 23.0. The van der Waals surface area contributed by atoms with E-state index in [1.165, 1.54) is 5.56 Å². The molecule has 0 bridgehead atoms. The Morgan fingerprint density at radius 3 is 2.10 bits per heavy atom. The second-order valence-corrected chi connectivity index (χ2v) is 9.33. The first-order valence-corrected chi connectivity index (χ1v) is 10.9. The number of amides is 2. The lowest BCUT2D eigenvalue weighted by atomic mass is 9.87. The Balaban J connectivity index is 1.44. The minimum Gasteiger partial charge on any atom is -0.343 e. The second-order valence-electron chi connectivity index (χ2n) is 9.33. The minimum atomic E-state index is -0.252. The number of piperazine rings is 1. The van der Waals surface area contributed by atoms with Crippen LogP contribution < -0.4 is 10.6 Å². The monoisotopic (exact) mass is 422 g/mol. The highest BCUT2D eigenvalue weighted by molar-refractivity contribution is 5.99. The smallest absolute Gasteiger partial charge is 0.251 e. The molecule has 2 aromatic carbocycles. The first-order valence-electron chi connectivity index (χ1n) is 10.9. The lowest BCUT2D eigenvalue weighted by Crippen LogP contribution is -2.43. The van der Waals surface area contributed by atoms with Gasteiger partial charge in [0.1, 0.15) is 0 Å². The summed E-state index contributed by atoms with van der Waals surface area (Å²) in [6.07, 6.45) is 0. The van der Waals surface area contributed by atoms with Crippen molar-refractivity contribution in [2.75, 3.05) is 45.1 Å². The van der Waals surface area contributed by atoms with Crippen molar-refractivity contribution in [1.82, 2.24) is 15.1 Å². The summed E-state index contributed by atoms with van der Waals surface area (Å²) >= 11 is 0. The number of nitrogens with zero attached hydrogens (tertiary/aromatic N) is 2. The number of likely N-dealkylation sites (N-methyl/N-ethyl adjacent to an activating group) is 1. The van der Waals surface area contributed by atoms with Gasteiger partial charge in [0.25, 0.3) is 5.91 Å². The van der Waals surface area contributed by atoms with E-state index >= 15 is 0 Å². The standard InChI is InChI=1S/C25H34N4O2/c1-25(2,3)21-9-7-20(8-10-21)24(31)26-17-23(30)27-22-11-5-19(6-12-22)18-29-15-13-28(4)14-16-29/h5-12H,13-18H2,1-4H3,(H,26,31)(H,27,30). The van der Waals surface area contributed by atoms with E-state index in [0.717, 1.165) is 44.0 Å². The molecule has 1 saturated heterocycles. The van der Waals surface area contributed by atoms with Gasteiger partial charge in [0.15, 0.2) is 0 Å². The van der Waals surface area contributed by atoms with Crippen LogP contribution in [0.25, 0.3) is 0 Å². The fraction of sp³-hybridized carbons (Fsp3) is 0.440. The average Bonchev–Trinajstić information content (AvgIpc) is 2.74. The molecular weight excluding hydrogens is 388 g/mol. The normalized spacial score (nSPS) is 15.5. The number of rotatable bonds is 6. The molecule has 0 radical (unpaired) electrons. The molecule has 1 fully saturated rings. The molecule has 0 unspecified atom stereocenters. The summed E-state index contributed by atoms with van der Waals surface area (Å²) in [5, 5.41) is 5.53. The van der Waals surface area contributed by atoms with Gasteiger partial charge < -0.3 is 15.5 Å². The molecule has 1 aliphatic rings. The molecule has 6 heteroatoms. The highest BCUT2D eigenvalue weighted by Crippen LogP contribution is 2.22. The predicted molar refractivity (Wildman–Crippen MR) is 125 cm³/mol. The van der Waals surface area contributed by atoms with Gasteiger partial charge in [-0.05, 0) is 47.9 Å². The summed E-state index contributed by atoms with van der Waals surface area (Å²) < 4.78 is 0. The van der Waals surface area contributed by atoms with Crippen molar-refractivity contribution >= 4 is 17.5 Å². The molecule has 0 aliphatic carbocycles. The van der Waals surface area contributed by atoms with Gasteiger partial charge in [-0.15, -0.1) is 0 Å². The Bertz CT molecular complexity index is 877. The fourth-order valence-electron chi connectivity index (χ4n) is 3.55. The number of nitrogens with one attached hydrogen (secondary N) is 2. The van der Waals surface area contributed by atoms with Gasteiger partial charge in [0, 0.05) is 44.0 Å². The number of hydrogen-bond acceptors (Lipinski definition) is 4. The van der Waals surface area contributed by atoms with E-state index in [-0.39, 0.29) is 23.8 Å². The molecule has 0 aromatic heterocycles. The van der Waals surface area contributed by atoms with Crippen molar-refractivity contribution in [2.45, 2.75) is 32.7 Å². The zero-order valence-corrected chi connectivity index (χ0v) is 19.1. The molecule has 31 heavy (non-hydrogen) atoms. The van der Waals surface area contributed by atoms with Gasteiger partial charge in [-0.1, -0.05) is 45.0 Å². The highest BCUT2D eigenvalue weighted by atomic mass is 16.2. The largest absolute Gasteiger partial charge is 0.343 e. The molecule has 0 atom stereocenters. The minimum absolute atomic E-state index is 0.0366. The van der Waals surface area contributed by atoms with Crippen LogP contribution in [-0.2, 0) is 16.8 Å². The molecule has 6 nitrogen and oxygen atoms in total. The predicted octanol–water partition coefficient (Wildman–Crippen LogP) is 3.10. The maximum Gasteiger partial charge on any atom is 0.251 e. The van der Waals surface area contributed by atoms with Gasteiger partial charge in [-0.25, -0.2) is 0 Å². The van der Waals surface area contributed by atoms with Gasteiger partial charge in [0.05, 0.1) is 6.54 Å². The molecule has 166 valence electrons. The third-order valence-electron chi connectivity index (χ3n) is 5.66. The van der Waals surface area contributed by atoms with Crippen LogP contribution >= 0.6 is 0 Å². The van der Waals surface area contributed by atoms with Crippen molar-refractivity contribution in [2.24, 2.45) is 0 Å². The Labute approximate surface area is 185 Å². The molecule has 3 rings (SSSR count). The lowest BCUT2D eigenvalue weighted by molar-refractivity contribution is -0.115. The molecule has 1 aliphatic heterocycles. The van der Waals surface area contributed by atoms with E-state index < -0.39 is 0 Å². The second kappa shape index (κ2) is 10.1. The Hall–Kier alpha value is -2.70. The van der Waals surface area contributed by atoms with Crippen LogP contribution in [-0.4, -0.2) is 61.4 Å². The van der Waals surface area contributed by atoms with E-state index in [9.17, 15) is 9.59 Å². The van der Waals surface area contributed by atoms with Gasteiger partial charge in [-0.3, -0.25) is 14.5 Å². The Morgan fingerprint density at radius 2 is 1.52 bits per heavy atom. The zero-order valence-electron chi connectivity index (χ0n) is 19.1. The molecule has 2 N–H and O–H groups in total. The first-order chi connectivity index (χ1) is 14.7. The third-order valence-corrected chi connectivity index (χ3v) is 5.66. The molecule has 0 saturated carbocycles. The molecule has 2 aromatic rings. The van der Waals surface area contributed by atoms with Crippen LogP contribution in [0.1, 0.15) is 42.3 Å². The molecule has 2 amide bonds. The highest BCUT2D eigenvalue weighted by Gasteiger charge is 2.15. The van der Waals surface area contributed by atoms with Crippen molar-refractivity contribution in [3.8, 4) is 0 Å². The fourth-order valence-corrected chi connectivity index (χ4v) is 3.55. The van der Waals surface area contributed by atoms with E-state index in [4.69, 9.17) is 0 Å². The summed E-state index contributed by atoms with van der Waals surface area (Å²) in [5.41, 5.74) is 3.71. The van der Waals surface area contributed by atoms with E-state index in [1.807, 2.05) is 36.4 Å². The van der Waals surface area contributed by atoms with Crippen LogP contribution in [0, 0.1) is 0 Å². The van der Waals surface area contributed by atoms with E-state index in [2.05, 4.69) is 48.3 Å². The topological polar surface area (TPSA) is 64.7 Å². The van der Waals surface area contributed by atoms with Crippen LogP contribution in [0.5, 0.6) is 0 Å². The van der Waals surface area contributed by atoms with Crippen LogP contribution in [0.2, 0.25) is 0 Å². The third kappa shape index (κ3) is 6.91. The van der Waals surface area contributed by atoms with Crippen molar-refractivity contribution in [3.63, 3.8) is 0 Å². The molecular formula is C25H34N4O2. The quantitative estimate of drug-likeness (QED) is 0.751. The number of carbonyl (C=O) groups is 2. The van der Waals surface area contributed by atoms with Gasteiger partial charge >= 0.3 is 0 Å². The van der Waals surface area contributed by atoms with Crippen molar-refractivity contribution < 1.29 is 9.59 Å². The summed E-state index contributed by atoms with van der Waals surface area (Å²) in [6.45, 7) is 11.6. The SMILES string of the molecule is CN1CCN(Cc2ccc(NC(=O)CNC(=O)c3ccc(C(C)(C)C)cc3)cc2)CC1. The summed E-state index contributed by atoms with van der Waals surface area (Å²) in [4.78, 5) is 29.3. The van der Waals surface area contributed by atoms with Crippen molar-refractivity contribution in [1.29, 1.82) is 0 Å². The zero-order chi connectivity index (χ0) is 22.4. The van der Waals surface area contributed by atoms with Gasteiger partial charge in [0.2, 0.25) is 5.91 Å². The average molecular weight is 423 g/mol. The van der Waals surface area contributed by atoms with Crippen LogP contribution in [0.15, 0.2) is 48.5 Å². The summed E-state index contributed by atoms with van der Waals surface area (Å²) in [6, 6.07) is 15.4. The van der Waals surface area contributed by atoms with Crippen LogP contribution in [0.3, 0.4) is 0 Å². The summed E-state index contributed by atoms with van der Waals surface area (Å²) in [7, 11) is 2.15. The maximum atomic E-state index is 12.3. The lowest BCUT2D eigenvalue weighted by Gasteiger charge is -2.32. The maximum absolute atomic E-state index is 12.3. The number of hydrogen-bond donors (Lipinski definition) is 2. The number of benzene rings is 2. The van der Waals surface area contributed by atoms with Gasteiger partial charge in [-0.2, -0.15) is 0 Å². The summed E-state index contributed by atoms with van der Waals surface area (Å²) in [5.74, 6) is -0.496. The molecule has 0 spiro atoms. The Kier molecular flexibility index (Phi) is 7.46. The van der Waals surface area contributed by atoms with E-state index in [1.54, 1.807) is 12.1 Å². The van der Waals surface area contributed by atoms with Crippen LogP contribution in [0.4, 0.5) is 5.69 Å².